The lowest BCUT2D eigenvalue weighted by atomic mass is 10.2. The third-order valence-corrected chi connectivity index (χ3v) is 4.58. The number of halogens is 1. The first-order valence-electron chi connectivity index (χ1n) is 7.65. The van der Waals surface area contributed by atoms with Crippen LogP contribution in [0.5, 0.6) is 0 Å². The van der Waals surface area contributed by atoms with Crippen molar-refractivity contribution in [3.8, 4) is 11.5 Å². The molecule has 25 heavy (non-hydrogen) atoms. The number of nitrogens with one attached hydrogen (secondary N) is 1. The lowest BCUT2D eigenvalue weighted by molar-refractivity contribution is -0.115. The summed E-state index contributed by atoms with van der Waals surface area (Å²) in [6.45, 7) is 3.77. The van der Waals surface area contributed by atoms with Gasteiger partial charge in [0, 0.05) is 16.3 Å². The molecule has 0 aliphatic rings. The van der Waals surface area contributed by atoms with Gasteiger partial charge in [-0.3, -0.25) is 4.79 Å². The second-order valence-electron chi connectivity index (χ2n) is 5.50. The highest BCUT2D eigenvalue weighted by Crippen LogP contribution is 2.27. The van der Waals surface area contributed by atoms with E-state index in [2.05, 4.69) is 15.5 Å². The van der Waals surface area contributed by atoms with Crippen LogP contribution in [0.2, 0.25) is 5.02 Å². The number of carbonyl (C=O) groups is 1. The van der Waals surface area contributed by atoms with Crippen LogP contribution in [0.1, 0.15) is 12.5 Å². The Kier molecular flexibility index (Phi) is 5.40. The van der Waals surface area contributed by atoms with Crippen molar-refractivity contribution >= 4 is 35.0 Å². The maximum Gasteiger partial charge on any atom is 0.277 e. The first-order valence-corrected chi connectivity index (χ1v) is 8.90. The third kappa shape index (κ3) is 4.61. The molecular formula is C18H16ClN3O2S. The minimum absolute atomic E-state index is 0.127. The predicted octanol–water partition coefficient (Wildman–Crippen LogP) is 4.82. The molecule has 0 saturated heterocycles. The van der Waals surface area contributed by atoms with E-state index in [1.165, 1.54) is 11.8 Å². The quantitative estimate of drug-likeness (QED) is 0.649. The summed E-state index contributed by atoms with van der Waals surface area (Å²) in [5, 5.41) is 11.4. The van der Waals surface area contributed by atoms with Crippen LogP contribution in [-0.4, -0.2) is 21.4 Å². The van der Waals surface area contributed by atoms with Crippen LogP contribution in [0.3, 0.4) is 0 Å². The summed E-state index contributed by atoms with van der Waals surface area (Å²) in [5.74, 6) is 0.245. The summed E-state index contributed by atoms with van der Waals surface area (Å²) in [6, 6.07) is 14.8. The second kappa shape index (κ2) is 7.72. The van der Waals surface area contributed by atoms with Crippen molar-refractivity contribution in [2.75, 3.05) is 5.32 Å². The van der Waals surface area contributed by atoms with E-state index < -0.39 is 0 Å². The standard InChI is InChI=1S/C18H16ClN3O2S/c1-11-5-3-8-15(9-11)20-16(23)12(2)25-18-22-21-17(24-18)13-6-4-7-14(19)10-13/h3-10,12H,1-2H3,(H,20,23)/t12-/m0/s1. The maximum absolute atomic E-state index is 12.3. The summed E-state index contributed by atoms with van der Waals surface area (Å²) in [7, 11) is 0. The zero-order valence-electron chi connectivity index (χ0n) is 13.7. The minimum atomic E-state index is -0.381. The molecule has 7 heteroatoms. The number of thioether (sulfide) groups is 1. The number of aryl methyl sites for hydroxylation is 1. The van der Waals surface area contributed by atoms with E-state index in [4.69, 9.17) is 16.0 Å². The number of aromatic nitrogens is 2. The molecule has 0 unspecified atom stereocenters. The van der Waals surface area contributed by atoms with Gasteiger partial charge < -0.3 is 9.73 Å². The highest BCUT2D eigenvalue weighted by atomic mass is 35.5. The molecule has 3 rings (SSSR count). The van der Waals surface area contributed by atoms with Gasteiger partial charge in [0.05, 0.1) is 5.25 Å². The minimum Gasteiger partial charge on any atom is -0.411 e. The Morgan fingerprint density at radius 3 is 2.76 bits per heavy atom. The van der Waals surface area contributed by atoms with Crippen LogP contribution in [0.15, 0.2) is 58.2 Å². The van der Waals surface area contributed by atoms with Gasteiger partial charge >= 0.3 is 0 Å². The van der Waals surface area contributed by atoms with Crippen molar-refractivity contribution in [3.63, 3.8) is 0 Å². The number of hydrogen-bond acceptors (Lipinski definition) is 5. The van der Waals surface area contributed by atoms with Crippen LogP contribution in [-0.2, 0) is 4.79 Å². The van der Waals surface area contributed by atoms with Gasteiger partial charge in [0.15, 0.2) is 0 Å². The highest BCUT2D eigenvalue weighted by Gasteiger charge is 2.19. The number of rotatable bonds is 5. The first kappa shape index (κ1) is 17.5. The third-order valence-electron chi connectivity index (χ3n) is 3.41. The van der Waals surface area contributed by atoms with Crippen molar-refractivity contribution in [2.24, 2.45) is 0 Å². The molecule has 0 spiro atoms. The Labute approximate surface area is 154 Å². The molecule has 1 amide bonds. The van der Waals surface area contributed by atoms with Crippen LogP contribution >= 0.6 is 23.4 Å². The number of hydrogen-bond donors (Lipinski definition) is 1. The van der Waals surface area contributed by atoms with Gasteiger partial charge in [0.1, 0.15) is 0 Å². The SMILES string of the molecule is Cc1cccc(NC(=O)[C@H](C)Sc2nnc(-c3cccc(Cl)c3)o2)c1. The average Bonchev–Trinajstić information content (AvgIpc) is 3.03. The fraction of sp³-hybridized carbons (Fsp3) is 0.167. The van der Waals surface area contributed by atoms with Crippen LogP contribution < -0.4 is 5.32 Å². The second-order valence-corrected chi connectivity index (χ2v) is 7.23. The predicted molar refractivity (Wildman–Crippen MR) is 99.9 cm³/mol. The molecule has 3 aromatic rings. The van der Waals surface area contributed by atoms with Gasteiger partial charge in [-0.1, -0.05) is 41.6 Å². The van der Waals surface area contributed by atoms with Gasteiger partial charge in [-0.15, -0.1) is 10.2 Å². The fourth-order valence-electron chi connectivity index (χ4n) is 2.17. The van der Waals surface area contributed by atoms with Crippen molar-refractivity contribution < 1.29 is 9.21 Å². The molecular weight excluding hydrogens is 358 g/mol. The Balaban J connectivity index is 1.65. The highest BCUT2D eigenvalue weighted by molar-refractivity contribution is 8.00. The van der Waals surface area contributed by atoms with E-state index >= 15 is 0 Å². The van der Waals surface area contributed by atoms with Gasteiger partial charge in [-0.05, 0) is 49.7 Å². The Morgan fingerprint density at radius 2 is 2.00 bits per heavy atom. The van der Waals surface area contributed by atoms with Gasteiger partial charge in [0.2, 0.25) is 11.8 Å². The molecule has 2 aromatic carbocycles. The van der Waals surface area contributed by atoms with Gasteiger partial charge in [0.25, 0.3) is 5.22 Å². The molecule has 128 valence electrons. The summed E-state index contributed by atoms with van der Waals surface area (Å²) >= 11 is 7.18. The largest absolute Gasteiger partial charge is 0.411 e. The maximum atomic E-state index is 12.3. The van der Waals surface area contributed by atoms with Crippen LogP contribution in [0, 0.1) is 6.92 Å². The molecule has 0 radical (unpaired) electrons. The van der Waals surface area contributed by atoms with E-state index in [0.29, 0.717) is 16.1 Å². The summed E-state index contributed by atoms with van der Waals surface area (Å²) in [5.41, 5.74) is 2.59. The molecule has 1 N–H and O–H groups in total. The zero-order chi connectivity index (χ0) is 17.8. The van der Waals surface area contributed by atoms with Crippen molar-refractivity contribution in [2.45, 2.75) is 24.3 Å². The monoisotopic (exact) mass is 373 g/mol. The topological polar surface area (TPSA) is 68.0 Å². The van der Waals surface area contributed by atoms with Crippen LogP contribution in [0.25, 0.3) is 11.5 Å². The molecule has 1 atom stereocenters. The molecule has 1 heterocycles. The summed E-state index contributed by atoms with van der Waals surface area (Å²) < 4.78 is 5.62. The number of benzene rings is 2. The van der Waals surface area contributed by atoms with Gasteiger partial charge in [-0.25, -0.2) is 0 Å². The van der Waals surface area contributed by atoms with Gasteiger partial charge in [-0.2, -0.15) is 0 Å². The molecule has 1 aromatic heterocycles. The average molecular weight is 374 g/mol. The molecule has 5 nitrogen and oxygen atoms in total. The van der Waals surface area contributed by atoms with Crippen molar-refractivity contribution in [1.82, 2.24) is 10.2 Å². The van der Waals surface area contributed by atoms with E-state index in [1.54, 1.807) is 19.1 Å². The smallest absolute Gasteiger partial charge is 0.277 e. The number of anilines is 1. The zero-order valence-corrected chi connectivity index (χ0v) is 15.3. The van der Waals surface area contributed by atoms with Crippen molar-refractivity contribution in [1.29, 1.82) is 0 Å². The molecule has 0 fully saturated rings. The normalized spacial score (nSPS) is 12.0. The summed E-state index contributed by atoms with van der Waals surface area (Å²) in [6.07, 6.45) is 0. The Hall–Kier alpha value is -2.31. The molecule has 0 saturated carbocycles. The van der Waals surface area contributed by atoms with E-state index in [1.807, 2.05) is 43.3 Å². The Bertz CT molecular complexity index is 897. The molecule has 0 aliphatic heterocycles. The van der Waals surface area contributed by atoms with Crippen LogP contribution in [0.4, 0.5) is 5.69 Å². The lowest BCUT2D eigenvalue weighted by Crippen LogP contribution is -2.22. The first-order chi connectivity index (χ1) is 12.0. The Morgan fingerprint density at radius 1 is 1.20 bits per heavy atom. The van der Waals surface area contributed by atoms with E-state index in [9.17, 15) is 4.79 Å². The lowest BCUT2D eigenvalue weighted by Gasteiger charge is -2.10. The molecule has 0 aliphatic carbocycles. The number of nitrogens with zero attached hydrogens (tertiary/aromatic N) is 2. The fourth-order valence-corrected chi connectivity index (χ4v) is 3.04. The molecule has 0 bridgehead atoms. The number of carbonyl (C=O) groups excluding carboxylic acids is 1. The van der Waals surface area contributed by atoms with E-state index in [0.717, 1.165) is 16.8 Å². The van der Waals surface area contributed by atoms with E-state index in [-0.39, 0.29) is 11.2 Å². The van der Waals surface area contributed by atoms with Crippen molar-refractivity contribution in [3.05, 3.63) is 59.1 Å². The summed E-state index contributed by atoms with van der Waals surface area (Å²) in [4.78, 5) is 12.3. The number of amides is 1.